The summed E-state index contributed by atoms with van der Waals surface area (Å²) in [7, 11) is 0. The first-order valence-electron chi connectivity index (χ1n) is 8.07. The lowest BCUT2D eigenvalue weighted by atomic mass is 10.1. The smallest absolute Gasteiger partial charge is 0.370 e. The Bertz CT molecular complexity index is 859. The zero-order valence-corrected chi connectivity index (χ0v) is 15.3. The molecule has 0 aromatic heterocycles. The van der Waals surface area contributed by atoms with Gasteiger partial charge in [0.2, 0.25) is 5.91 Å². The molecule has 2 aromatic rings. The quantitative estimate of drug-likeness (QED) is 0.470. The van der Waals surface area contributed by atoms with Crippen LogP contribution in [0.4, 0.5) is 28.0 Å². The molecule has 0 bridgehead atoms. The van der Waals surface area contributed by atoms with Crippen molar-refractivity contribution in [1.29, 1.82) is 0 Å². The second-order valence-corrected chi connectivity index (χ2v) is 6.80. The first kappa shape index (κ1) is 21.5. The van der Waals surface area contributed by atoms with Crippen LogP contribution >= 0.6 is 11.8 Å². The summed E-state index contributed by atoms with van der Waals surface area (Å²) in [4.78, 5) is 23.6. The summed E-state index contributed by atoms with van der Waals surface area (Å²) < 4.78 is 52.1. The molecular weight excluding hydrogens is 398 g/mol. The van der Waals surface area contributed by atoms with E-state index in [1.54, 1.807) is 24.3 Å². The lowest BCUT2D eigenvalue weighted by Crippen LogP contribution is -2.29. The molecule has 0 aliphatic carbocycles. The minimum Gasteiger partial charge on any atom is -0.370 e. The Balaban J connectivity index is 2.02. The summed E-state index contributed by atoms with van der Waals surface area (Å²) in [5.41, 5.74) is 4.12. The molecular formula is C18H17F4N3O2S. The van der Waals surface area contributed by atoms with E-state index in [9.17, 15) is 27.2 Å². The lowest BCUT2D eigenvalue weighted by molar-refractivity contribution is -0.138. The molecule has 0 aliphatic heterocycles. The average molecular weight is 415 g/mol. The van der Waals surface area contributed by atoms with Gasteiger partial charge < -0.3 is 16.4 Å². The Kier molecular flexibility index (Phi) is 7.27. The fourth-order valence-electron chi connectivity index (χ4n) is 2.27. The van der Waals surface area contributed by atoms with Gasteiger partial charge in [0.1, 0.15) is 5.82 Å². The number of para-hydroxylation sites is 1. The number of anilines is 1. The number of primary amides is 1. The Hall–Kier alpha value is -2.75. The van der Waals surface area contributed by atoms with Gasteiger partial charge in [0, 0.05) is 23.6 Å². The number of benzene rings is 2. The molecule has 2 rings (SSSR count). The maximum Gasteiger partial charge on any atom is 0.416 e. The van der Waals surface area contributed by atoms with Crippen molar-refractivity contribution in [2.24, 2.45) is 5.73 Å². The van der Waals surface area contributed by atoms with Crippen molar-refractivity contribution < 1.29 is 27.2 Å². The van der Waals surface area contributed by atoms with Gasteiger partial charge in [-0.1, -0.05) is 18.2 Å². The first-order chi connectivity index (χ1) is 13.2. The zero-order valence-electron chi connectivity index (χ0n) is 14.5. The van der Waals surface area contributed by atoms with E-state index in [1.165, 1.54) is 11.8 Å². The van der Waals surface area contributed by atoms with Gasteiger partial charge in [0.15, 0.2) is 0 Å². The van der Waals surface area contributed by atoms with E-state index in [1.807, 2.05) is 0 Å². The Labute approximate surface area is 162 Å². The summed E-state index contributed by atoms with van der Waals surface area (Å²) >= 11 is 1.31. The maximum absolute atomic E-state index is 13.1. The van der Waals surface area contributed by atoms with Crippen LogP contribution in [-0.4, -0.2) is 17.7 Å². The molecule has 150 valence electrons. The van der Waals surface area contributed by atoms with Crippen molar-refractivity contribution in [2.75, 3.05) is 11.1 Å². The van der Waals surface area contributed by atoms with Crippen LogP contribution in [0.2, 0.25) is 0 Å². The largest absolute Gasteiger partial charge is 0.416 e. The molecule has 0 fully saturated rings. The summed E-state index contributed by atoms with van der Waals surface area (Å²) in [5, 5.41) is 4.87. The first-order valence-corrected chi connectivity index (χ1v) is 9.06. The zero-order chi connectivity index (χ0) is 20.7. The number of halogens is 4. The molecule has 10 heteroatoms. The van der Waals surface area contributed by atoms with Crippen molar-refractivity contribution in [3.8, 4) is 0 Å². The van der Waals surface area contributed by atoms with Gasteiger partial charge in [-0.15, -0.1) is 11.8 Å². The molecule has 0 aliphatic rings. The third-order valence-electron chi connectivity index (χ3n) is 3.56. The Morgan fingerprint density at radius 1 is 1.11 bits per heavy atom. The van der Waals surface area contributed by atoms with Crippen molar-refractivity contribution in [1.82, 2.24) is 5.32 Å². The number of nitrogens with two attached hydrogens (primary N) is 1. The van der Waals surface area contributed by atoms with Crippen LogP contribution in [0.25, 0.3) is 0 Å². The molecule has 4 N–H and O–H groups in total. The Morgan fingerprint density at radius 3 is 2.50 bits per heavy atom. The van der Waals surface area contributed by atoms with Crippen LogP contribution in [0.3, 0.4) is 0 Å². The van der Waals surface area contributed by atoms with Crippen LogP contribution in [-0.2, 0) is 17.5 Å². The minimum absolute atomic E-state index is 0.163. The molecule has 0 radical (unpaired) electrons. The predicted octanol–water partition coefficient (Wildman–Crippen LogP) is 4.13. The van der Waals surface area contributed by atoms with Crippen LogP contribution in [0.15, 0.2) is 47.4 Å². The van der Waals surface area contributed by atoms with Crippen molar-refractivity contribution >= 4 is 29.4 Å². The highest BCUT2D eigenvalue weighted by molar-refractivity contribution is 7.99. The number of hydrogen-bond donors (Lipinski definition) is 3. The molecule has 28 heavy (non-hydrogen) atoms. The van der Waals surface area contributed by atoms with Crippen LogP contribution in [0, 0.1) is 5.82 Å². The molecule has 0 spiro atoms. The fourth-order valence-corrected chi connectivity index (χ4v) is 3.24. The molecule has 0 atom stereocenters. The van der Waals surface area contributed by atoms with Crippen molar-refractivity contribution in [2.45, 2.75) is 24.0 Å². The third kappa shape index (κ3) is 6.45. The van der Waals surface area contributed by atoms with Gasteiger partial charge in [-0.25, -0.2) is 9.18 Å². The summed E-state index contributed by atoms with van der Waals surface area (Å²) in [6.07, 6.45) is -4.57. The topological polar surface area (TPSA) is 84.2 Å². The lowest BCUT2D eigenvalue weighted by Gasteiger charge is -2.15. The highest BCUT2D eigenvalue weighted by atomic mass is 32.2. The molecule has 0 unspecified atom stereocenters. The van der Waals surface area contributed by atoms with E-state index in [0.29, 0.717) is 22.4 Å². The average Bonchev–Trinajstić information content (AvgIpc) is 2.61. The number of carbonyl (C=O) groups is 2. The fraction of sp³-hybridized carbons (Fsp3) is 0.222. The van der Waals surface area contributed by atoms with Crippen LogP contribution < -0.4 is 16.4 Å². The molecule has 0 saturated heterocycles. The molecule has 0 heterocycles. The van der Waals surface area contributed by atoms with E-state index in [2.05, 4.69) is 10.6 Å². The van der Waals surface area contributed by atoms with Crippen molar-refractivity contribution in [3.05, 3.63) is 59.4 Å². The number of nitrogens with one attached hydrogen (secondary N) is 2. The second kappa shape index (κ2) is 9.45. The van der Waals surface area contributed by atoms with E-state index in [-0.39, 0.29) is 12.0 Å². The number of hydrogen-bond acceptors (Lipinski definition) is 3. The normalized spacial score (nSPS) is 11.1. The second-order valence-electron chi connectivity index (χ2n) is 5.67. The van der Waals surface area contributed by atoms with Crippen LogP contribution in [0.1, 0.15) is 17.5 Å². The summed E-state index contributed by atoms with van der Waals surface area (Å²) in [6.45, 7) is -0.433. The van der Waals surface area contributed by atoms with E-state index >= 15 is 0 Å². The van der Waals surface area contributed by atoms with Gasteiger partial charge in [-0.3, -0.25) is 4.79 Å². The van der Waals surface area contributed by atoms with Crippen molar-refractivity contribution in [3.63, 3.8) is 0 Å². The van der Waals surface area contributed by atoms with Gasteiger partial charge >= 0.3 is 12.2 Å². The highest BCUT2D eigenvalue weighted by Crippen LogP contribution is 2.32. The number of amides is 3. The highest BCUT2D eigenvalue weighted by Gasteiger charge is 2.33. The van der Waals surface area contributed by atoms with E-state index in [4.69, 9.17) is 5.73 Å². The Morgan fingerprint density at radius 2 is 1.82 bits per heavy atom. The summed E-state index contributed by atoms with van der Waals surface area (Å²) in [5.74, 6) is -1.04. The number of urea groups is 1. The molecule has 0 saturated carbocycles. The number of rotatable bonds is 7. The monoisotopic (exact) mass is 415 g/mol. The number of carbonyl (C=O) groups excluding carboxylic acids is 2. The third-order valence-corrected chi connectivity index (χ3v) is 4.63. The number of thioether (sulfide) groups is 1. The van der Waals surface area contributed by atoms with E-state index < -0.39 is 36.0 Å². The van der Waals surface area contributed by atoms with Gasteiger partial charge in [0.05, 0.1) is 11.3 Å². The summed E-state index contributed by atoms with van der Waals surface area (Å²) in [6, 6.07) is 8.30. The van der Waals surface area contributed by atoms with Gasteiger partial charge in [0.25, 0.3) is 0 Å². The van der Waals surface area contributed by atoms with Gasteiger partial charge in [-0.2, -0.15) is 13.2 Å². The molecule has 5 nitrogen and oxygen atoms in total. The minimum atomic E-state index is -4.74. The predicted molar refractivity (Wildman–Crippen MR) is 98.2 cm³/mol. The van der Waals surface area contributed by atoms with Crippen LogP contribution in [0.5, 0.6) is 0 Å². The SMILES string of the molecule is NC(=O)CCSc1ccccc1NC(=O)NCc1ccc(F)cc1C(F)(F)F. The molecule has 2 aromatic carbocycles. The maximum atomic E-state index is 13.1. The van der Waals surface area contributed by atoms with Gasteiger partial charge in [-0.05, 0) is 29.8 Å². The standard InChI is InChI=1S/C18H17F4N3O2S/c19-12-6-5-11(13(9-12)18(20,21)22)10-24-17(27)25-14-3-1-2-4-15(14)28-8-7-16(23)26/h1-6,9H,7-8,10H2,(H2,23,26)(H2,24,25,27). The van der Waals surface area contributed by atoms with E-state index in [0.717, 1.165) is 12.1 Å². The number of alkyl halides is 3. The molecule has 3 amide bonds.